The first-order valence-electron chi connectivity index (χ1n) is 4.98. The van der Waals surface area contributed by atoms with Crippen LogP contribution in [0.5, 0.6) is 0 Å². The van der Waals surface area contributed by atoms with E-state index in [1.54, 1.807) is 0 Å². The molecule has 0 heterocycles. The van der Waals surface area contributed by atoms with Crippen molar-refractivity contribution in [1.29, 1.82) is 0 Å². The molecule has 0 amide bonds. The summed E-state index contributed by atoms with van der Waals surface area (Å²) in [7, 11) is 0. The van der Waals surface area contributed by atoms with E-state index in [4.69, 9.17) is 0 Å². The zero-order valence-corrected chi connectivity index (χ0v) is 8.60. The van der Waals surface area contributed by atoms with Crippen LogP contribution >= 0.6 is 0 Å². The molecular formula is C10H21NO. The Morgan fingerprint density at radius 3 is 1.92 bits per heavy atom. The van der Waals surface area contributed by atoms with Crippen molar-refractivity contribution in [1.82, 2.24) is 4.90 Å². The van der Waals surface area contributed by atoms with Crippen LogP contribution in [-0.4, -0.2) is 30.3 Å². The molecule has 0 rings (SSSR count). The van der Waals surface area contributed by atoms with Gasteiger partial charge in [0, 0.05) is 6.42 Å². The van der Waals surface area contributed by atoms with E-state index in [-0.39, 0.29) is 0 Å². The first-order valence-corrected chi connectivity index (χ1v) is 4.98. The SMILES string of the molecule is CCCN(CCC)CC(=O)CC. The lowest BCUT2D eigenvalue weighted by Crippen LogP contribution is -2.31. The molecule has 0 aromatic rings. The van der Waals surface area contributed by atoms with Gasteiger partial charge < -0.3 is 0 Å². The molecule has 0 saturated carbocycles. The third-order valence-electron chi connectivity index (χ3n) is 1.87. The number of rotatable bonds is 7. The van der Waals surface area contributed by atoms with E-state index in [2.05, 4.69) is 18.7 Å². The topological polar surface area (TPSA) is 20.3 Å². The summed E-state index contributed by atoms with van der Waals surface area (Å²) in [4.78, 5) is 13.4. The van der Waals surface area contributed by atoms with Crippen LogP contribution in [0.3, 0.4) is 0 Å². The van der Waals surface area contributed by atoms with Crippen molar-refractivity contribution in [3.05, 3.63) is 0 Å². The molecule has 0 unspecified atom stereocenters. The van der Waals surface area contributed by atoms with Gasteiger partial charge in [0.25, 0.3) is 0 Å². The average molecular weight is 171 g/mol. The van der Waals surface area contributed by atoms with Crippen molar-refractivity contribution < 1.29 is 4.79 Å². The highest BCUT2D eigenvalue weighted by atomic mass is 16.1. The second-order valence-electron chi connectivity index (χ2n) is 3.17. The summed E-state index contributed by atoms with van der Waals surface area (Å²) in [6.07, 6.45) is 2.94. The van der Waals surface area contributed by atoms with Gasteiger partial charge in [0.15, 0.2) is 0 Å². The Morgan fingerprint density at radius 1 is 1.08 bits per heavy atom. The maximum atomic E-state index is 11.1. The van der Waals surface area contributed by atoms with Gasteiger partial charge in [-0.3, -0.25) is 9.69 Å². The third kappa shape index (κ3) is 5.30. The van der Waals surface area contributed by atoms with Gasteiger partial charge in [-0.2, -0.15) is 0 Å². The van der Waals surface area contributed by atoms with E-state index < -0.39 is 0 Å². The predicted molar refractivity (Wildman–Crippen MR) is 52.3 cm³/mol. The lowest BCUT2D eigenvalue weighted by molar-refractivity contribution is -0.119. The zero-order valence-electron chi connectivity index (χ0n) is 8.60. The molecule has 0 spiro atoms. The van der Waals surface area contributed by atoms with Gasteiger partial charge in [0.1, 0.15) is 5.78 Å². The molecule has 0 N–H and O–H groups in total. The van der Waals surface area contributed by atoms with Crippen LogP contribution in [0.25, 0.3) is 0 Å². The van der Waals surface area contributed by atoms with Crippen molar-refractivity contribution in [2.45, 2.75) is 40.0 Å². The highest BCUT2D eigenvalue weighted by Crippen LogP contribution is 1.95. The molecule has 0 aromatic heterocycles. The van der Waals surface area contributed by atoms with Crippen LogP contribution in [0.1, 0.15) is 40.0 Å². The van der Waals surface area contributed by atoms with E-state index >= 15 is 0 Å². The molecule has 0 fully saturated rings. The lowest BCUT2D eigenvalue weighted by atomic mass is 10.2. The number of hydrogen-bond donors (Lipinski definition) is 0. The number of carbonyl (C=O) groups is 1. The summed E-state index contributed by atoms with van der Waals surface area (Å²) in [5.41, 5.74) is 0. The molecule has 0 saturated heterocycles. The average Bonchev–Trinajstić information content (AvgIpc) is 2.05. The van der Waals surface area contributed by atoms with E-state index in [1.807, 2.05) is 6.92 Å². The predicted octanol–water partition coefficient (Wildman–Crippen LogP) is 2.09. The molecule has 2 heteroatoms. The summed E-state index contributed by atoms with van der Waals surface area (Å²) in [5.74, 6) is 0.358. The van der Waals surface area contributed by atoms with Crippen molar-refractivity contribution in [2.24, 2.45) is 0 Å². The van der Waals surface area contributed by atoms with E-state index in [1.165, 1.54) is 0 Å². The largest absolute Gasteiger partial charge is 0.298 e. The minimum absolute atomic E-state index is 0.358. The fraction of sp³-hybridized carbons (Fsp3) is 0.900. The fourth-order valence-corrected chi connectivity index (χ4v) is 1.26. The van der Waals surface area contributed by atoms with Crippen LogP contribution in [0.2, 0.25) is 0 Å². The quantitative estimate of drug-likeness (QED) is 0.584. The highest BCUT2D eigenvalue weighted by Gasteiger charge is 2.06. The Balaban J connectivity index is 3.68. The fourth-order valence-electron chi connectivity index (χ4n) is 1.26. The third-order valence-corrected chi connectivity index (χ3v) is 1.87. The van der Waals surface area contributed by atoms with Gasteiger partial charge in [-0.25, -0.2) is 0 Å². The number of nitrogens with zero attached hydrogens (tertiary/aromatic N) is 1. The van der Waals surface area contributed by atoms with Crippen LogP contribution in [0.15, 0.2) is 0 Å². The second kappa shape index (κ2) is 7.29. The molecule has 0 aromatic carbocycles. The number of carbonyl (C=O) groups excluding carboxylic acids is 1. The normalized spacial score (nSPS) is 10.7. The zero-order chi connectivity index (χ0) is 9.40. The Morgan fingerprint density at radius 2 is 1.58 bits per heavy atom. The minimum atomic E-state index is 0.358. The molecule has 12 heavy (non-hydrogen) atoms. The van der Waals surface area contributed by atoms with E-state index in [0.29, 0.717) is 18.7 Å². The summed E-state index contributed by atoms with van der Waals surface area (Å²) < 4.78 is 0. The Labute approximate surface area is 75.9 Å². The first kappa shape index (κ1) is 11.6. The Hall–Kier alpha value is -0.370. The summed E-state index contributed by atoms with van der Waals surface area (Å²) >= 11 is 0. The smallest absolute Gasteiger partial charge is 0.146 e. The Bertz CT molecular complexity index is 117. The van der Waals surface area contributed by atoms with Gasteiger partial charge in [-0.15, -0.1) is 0 Å². The van der Waals surface area contributed by atoms with Crippen molar-refractivity contribution in [3.8, 4) is 0 Å². The maximum absolute atomic E-state index is 11.1. The molecule has 0 aliphatic heterocycles. The van der Waals surface area contributed by atoms with Crippen molar-refractivity contribution in [2.75, 3.05) is 19.6 Å². The monoisotopic (exact) mass is 171 g/mol. The standard InChI is InChI=1S/C10H21NO/c1-4-7-11(8-5-2)9-10(12)6-3/h4-9H2,1-3H3. The van der Waals surface area contributed by atoms with Crippen LogP contribution in [-0.2, 0) is 4.79 Å². The van der Waals surface area contributed by atoms with Crippen LogP contribution < -0.4 is 0 Å². The first-order chi connectivity index (χ1) is 5.74. The molecule has 72 valence electrons. The number of ketones is 1. The molecule has 2 nitrogen and oxygen atoms in total. The molecule has 0 aliphatic rings. The molecule has 0 bridgehead atoms. The van der Waals surface area contributed by atoms with Gasteiger partial charge in [0.2, 0.25) is 0 Å². The maximum Gasteiger partial charge on any atom is 0.146 e. The van der Waals surface area contributed by atoms with Gasteiger partial charge in [-0.05, 0) is 25.9 Å². The molecule has 0 atom stereocenters. The van der Waals surface area contributed by atoms with Crippen LogP contribution in [0.4, 0.5) is 0 Å². The number of hydrogen-bond acceptors (Lipinski definition) is 2. The molecular weight excluding hydrogens is 150 g/mol. The summed E-state index contributed by atoms with van der Waals surface area (Å²) in [6, 6.07) is 0. The van der Waals surface area contributed by atoms with E-state index in [0.717, 1.165) is 25.9 Å². The van der Waals surface area contributed by atoms with Gasteiger partial charge in [0.05, 0.1) is 6.54 Å². The second-order valence-corrected chi connectivity index (χ2v) is 3.17. The van der Waals surface area contributed by atoms with Crippen molar-refractivity contribution >= 4 is 5.78 Å². The van der Waals surface area contributed by atoms with Crippen molar-refractivity contribution in [3.63, 3.8) is 0 Å². The highest BCUT2D eigenvalue weighted by molar-refractivity contribution is 5.80. The Kier molecular flexibility index (Phi) is 7.06. The summed E-state index contributed by atoms with van der Waals surface area (Å²) in [5, 5.41) is 0. The lowest BCUT2D eigenvalue weighted by Gasteiger charge is -2.19. The summed E-state index contributed by atoms with van der Waals surface area (Å²) in [6.45, 7) is 8.99. The van der Waals surface area contributed by atoms with Gasteiger partial charge in [-0.1, -0.05) is 20.8 Å². The van der Waals surface area contributed by atoms with Gasteiger partial charge >= 0.3 is 0 Å². The van der Waals surface area contributed by atoms with E-state index in [9.17, 15) is 4.79 Å². The molecule has 0 aliphatic carbocycles. The minimum Gasteiger partial charge on any atom is -0.298 e. The van der Waals surface area contributed by atoms with Crippen LogP contribution in [0, 0.1) is 0 Å². The molecule has 0 radical (unpaired) electrons. The number of Topliss-reactive ketones (excluding diaryl/α,β-unsaturated/α-hetero) is 1.